The van der Waals surface area contributed by atoms with Crippen molar-refractivity contribution in [3.05, 3.63) is 59.1 Å². The highest BCUT2D eigenvalue weighted by Gasteiger charge is 2.35. The molecule has 2 aromatic carbocycles. The normalized spacial score (nSPS) is 17.1. The smallest absolute Gasteiger partial charge is 0.227 e. The summed E-state index contributed by atoms with van der Waals surface area (Å²) in [6, 6.07) is 13.6. The highest BCUT2D eigenvalue weighted by molar-refractivity contribution is 7.92. The summed E-state index contributed by atoms with van der Waals surface area (Å²) in [5.41, 5.74) is 0.882. The van der Waals surface area contributed by atoms with Gasteiger partial charge in [-0.15, -0.1) is 0 Å². The van der Waals surface area contributed by atoms with Crippen molar-refractivity contribution in [2.75, 3.05) is 19.7 Å². The number of nitrogens with zero attached hydrogens (tertiary/aromatic N) is 1. The number of amides is 1. The molecule has 144 valence electrons. The molecule has 0 aromatic heterocycles. The number of carbonyl (C=O) groups excluding carboxylic acids is 1. The summed E-state index contributed by atoms with van der Waals surface area (Å²) < 4.78 is 30.9. The minimum atomic E-state index is -3.48. The van der Waals surface area contributed by atoms with Crippen LogP contribution in [-0.2, 0) is 21.1 Å². The Labute approximate surface area is 164 Å². The molecule has 5 nitrogen and oxygen atoms in total. The van der Waals surface area contributed by atoms with Crippen LogP contribution in [0.4, 0.5) is 0 Å². The first-order valence-corrected chi connectivity index (χ1v) is 10.8. The van der Waals surface area contributed by atoms with E-state index in [0.29, 0.717) is 24.6 Å². The van der Waals surface area contributed by atoms with Gasteiger partial charge in [-0.2, -0.15) is 0 Å². The molecular formula is C20H22ClNO4S. The van der Waals surface area contributed by atoms with E-state index in [9.17, 15) is 13.2 Å². The van der Waals surface area contributed by atoms with Crippen LogP contribution in [0, 0.1) is 0 Å². The Morgan fingerprint density at radius 3 is 2.44 bits per heavy atom. The van der Waals surface area contributed by atoms with Crippen molar-refractivity contribution in [3.8, 4) is 5.75 Å². The van der Waals surface area contributed by atoms with Gasteiger partial charge in [-0.3, -0.25) is 4.79 Å². The van der Waals surface area contributed by atoms with E-state index in [0.717, 1.165) is 11.3 Å². The second kappa shape index (κ2) is 8.31. The molecule has 1 amide bonds. The van der Waals surface area contributed by atoms with E-state index in [2.05, 4.69) is 0 Å². The number of ether oxygens (including phenoxy) is 1. The van der Waals surface area contributed by atoms with E-state index in [1.165, 1.54) is 12.1 Å². The lowest BCUT2D eigenvalue weighted by Gasteiger charge is -2.17. The number of rotatable bonds is 6. The second-order valence-electron chi connectivity index (χ2n) is 6.50. The molecule has 27 heavy (non-hydrogen) atoms. The maximum Gasteiger partial charge on any atom is 0.227 e. The van der Waals surface area contributed by atoms with Crippen LogP contribution >= 0.6 is 11.6 Å². The molecule has 0 N–H and O–H groups in total. The molecule has 0 aliphatic carbocycles. The van der Waals surface area contributed by atoms with Crippen molar-refractivity contribution in [1.29, 1.82) is 0 Å². The molecule has 1 saturated heterocycles. The first-order valence-electron chi connectivity index (χ1n) is 8.89. The molecule has 1 heterocycles. The summed E-state index contributed by atoms with van der Waals surface area (Å²) in [4.78, 5) is 14.4. The molecule has 3 rings (SSSR count). The third-order valence-corrected chi connectivity index (χ3v) is 7.11. The number of benzene rings is 2. The highest BCUT2D eigenvalue weighted by Crippen LogP contribution is 2.25. The molecule has 2 aromatic rings. The van der Waals surface area contributed by atoms with E-state index < -0.39 is 15.1 Å². The second-order valence-corrected chi connectivity index (χ2v) is 9.17. The fourth-order valence-corrected chi connectivity index (χ4v) is 5.00. The van der Waals surface area contributed by atoms with Gasteiger partial charge < -0.3 is 9.64 Å². The van der Waals surface area contributed by atoms with Crippen LogP contribution < -0.4 is 4.74 Å². The van der Waals surface area contributed by atoms with Crippen LogP contribution in [0.5, 0.6) is 5.75 Å². The Morgan fingerprint density at radius 2 is 1.81 bits per heavy atom. The minimum Gasteiger partial charge on any atom is -0.494 e. The van der Waals surface area contributed by atoms with Crippen molar-refractivity contribution < 1.29 is 17.9 Å². The zero-order valence-electron chi connectivity index (χ0n) is 15.1. The standard InChI is InChI=1S/C20H22ClNO4S/c1-2-26-17-7-3-15(4-8-17)13-20(23)22-12-11-19(14-22)27(24,25)18-9-5-16(21)6-10-18/h3-10,19H,2,11-14H2,1H3. The largest absolute Gasteiger partial charge is 0.494 e. The third kappa shape index (κ3) is 4.62. The molecule has 1 aliphatic heterocycles. The molecule has 1 unspecified atom stereocenters. The van der Waals surface area contributed by atoms with Crippen molar-refractivity contribution in [2.24, 2.45) is 0 Å². The molecule has 7 heteroatoms. The number of sulfone groups is 1. The van der Waals surface area contributed by atoms with Crippen molar-refractivity contribution >= 4 is 27.3 Å². The Morgan fingerprint density at radius 1 is 1.15 bits per heavy atom. The molecule has 0 radical (unpaired) electrons. The number of likely N-dealkylation sites (tertiary alicyclic amines) is 1. The van der Waals surface area contributed by atoms with E-state index in [4.69, 9.17) is 16.3 Å². The fraction of sp³-hybridized carbons (Fsp3) is 0.350. The molecule has 0 spiro atoms. The Balaban J connectivity index is 1.63. The summed E-state index contributed by atoms with van der Waals surface area (Å²) >= 11 is 5.83. The maximum absolute atomic E-state index is 12.8. The van der Waals surface area contributed by atoms with Crippen LogP contribution in [0.1, 0.15) is 18.9 Å². The lowest BCUT2D eigenvalue weighted by Crippen LogP contribution is -2.32. The predicted molar refractivity (Wildman–Crippen MR) is 105 cm³/mol. The quantitative estimate of drug-likeness (QED) is 0.736. The molecule has 1 fully saturated rings. The number of halogens is 1. The minimum absolute atomic E-state index is 0.0621. The third-order valence-electron chi connectivity index (χ3n) is 4.67. The van der Waals surface area contributed by atoms with E-state index >= 15 is 0 Å². The van der Waals surface area contributed by atoms with Crippen molar-refractivity contribution in [2.45, 2.75) is 29.9 Å². The predicted octanol–water partition coefficient (Wildman–Crippen LogP) is 3.36. The van der Waals surface area contributed by atoms with Gasteiger partial charge in [0, 0.05) is 18.1 Å². The van der Waals surface area contributed by atoms with Crippen LogP contribution in [0.3, 0.4) is 0 Å². The van der Waals surface area contributed by atoms with Gasteiger partial charge in [-0.25, -0.2) is 8.42 Å². The first kappa shape index (κ1) is 19.7. The van der Waals surface area contributed by atoms with Gasteiger partial charge in [-0.05, 0) is 55.3 Å². The summed E-state index contributed by atoms with van der Waals surface area (Å²) in [5.74, 6) is 0.706. The molecule has 1 aliphatic rings. The van der Waals surface area contributed by atoms with Gasteiger partial charge in [0.05, 0.1) is 23.2 Å². The number of carbonyl (C=O) groups is 1. The molecule has 1 atom stereocenters. The van der Waals surface area contributed by atoms with Gasteiger partial charge in [0.25, 0.3) is 0 Å². The summed E-state index contributed by atoms with van der Waals surface area (Å²) in [6.45, 7) is 3.18. The van der Waals surface area contributed by atoms with Gasteiger partial charge in [-0.1, -0.05) is 23.7 Å². The lowest BCUT2D eigenvalue weighted by atomic mass is 10.1. The maximum atomic E-state index is 12.8. The zero-order valence-corrected chi connectivity index (χ0v) is 16.7. The Bertz CT molecular complexity index is 895. The monoisotopic (exact) mass is 407 g/mol. The molecule has 0 bridgehead atoms. The average molecular weight is 408 g/mol. The van der Waals surface area contributed by atoms with Gasteiger partial charge in [0.2, 0.25) is 5.91 Å². The SMILES string of the molecule is CCOc1ccc(CC(=O)N2CCC(S(=O)(=O)c3ccc(Cl)cc3)C2)cc1. The van der Waals surface area contributed by atoms with Crippen molar-refractivity contribution in [3.63, 3.8) is 0 Å². The highest BCUT2D eigenvalue weighted by atomic mass is 35.5. The Kier molecular flexibility index (Phi) is 6.07. The summed E-state index contributed by atoms with van der Waals surface area (Å²) in [7, 11) is -3.48. The average Bonchev–Trinajstić information content (AvgIpc) is 3.15. The van der Waals surface area contributed by atoms with Gasteiger partial charge in [0.15, 0.2) is 9.84 Å². The van der Waals surface area contributed by atoms with Gasteiger partial charge >= 0.3 is 0 Å². The fourth-order valence-electron chi connectivity index (χ4n) is 3.18. The summed E-state index contributed by atoms with van der Waals surface area (Å²) in [5, 5.41) is -0.0875. The summed E-state index contributed by atoms with van der Waals surface area (Å²) in [6.07, 6.45) is 0.695. The van der Waals surface area contributed by atoms with Gasteiger partial charge in [0.1, 0.15) is 5.75 Å². The molecule has 0 saturated carbocycles. The number of hydrogen-bond donors (Lipinski definition) is 0. The Hall–Kier alpha value is -2.05. The van der Waals surface area contributed by atoms with E-state index in [1.54, 1.807) is 17.0 Å². The first-order chi connectivity index (χ1) is 12.9. The van der Waals surface area contributed by atoms with Crippen LogP contribution in [0.2, 0.25) is 5.02 Å². The van der Waals surface area contributed by atoms with Crippen LogP contribution in [0.25, 0.3) is 0 Å². The van der Waals surface area contributed by atoms with E-state index in [1.807, 2.05) is 31.2 Å². The molecular weight excluding hydrogens is 386 g/mol. The van der Waals surface area contributed by atoms with Crippen molar-refractivity contribution in [1.82, 2.24) is 4.90 Å². The van der Waals surface area contributed by atoms with Crippen LogP contribution in [-0.4, -0.2) is 44.2 Å². The topological polar surface area (TPSA) is 63.7 Å². The van der Waals surface area contributed by atoms with Crippen LogP contribution in [0.15, 0.2) is 53.4 Å². The lowest BCUT2D eigenvalue weighted by molar-refractivity contribution is -0.129. The van der Waals surface area contributed by atoms with E-state index in [-0.39, 0.29) is 23.8 Å². The zero-order chi connectivity index (χ0) is 19.4. The number of hydrogen-bond acceptors (Lipinski definition) is 4.